The fourth-order valence-corrected chi connectivity index (χ4v) is 3.01. The summed E-state index contributed by atoms with van der Waals surface area (Å²) >= 11 is 3.18. The summed E-state index contributed by atoms with van der Waals surface area (Å²) in [5.41, 5.74) is -0.181. The van der Waals surface area contributed by atoms with Gasteiger partial charge in [-0.25, -0.2) is 4.39 Å². The van der Waals surface area contributed by atoms with E-state index in [1.165, 1.54) is 0 Å². The number of ether oxygens (including phenoxy) is 2. The first-order chi connectivity index (χ1) is 9.03. The summed E-state index contributed by atoms with van der Waals surface area (Å²) in [7, 11) is 0. The van der Waals surface area contributed by atoms with Crippen molar-refractivity contribution >= 4 is 21.9 Å². The van der Waals surface area contributed by atoms with E-state index in [1.807, 2.05) is 0 Å². The maximum atomic E-state index is 14.4. The molecule has 2 aliphatic rings. The van der Waals surface area contributed by atoms with Gasteiger partial charge in [0.25, 0.3) is 0 Å². The minimum Gasteiger partial charge on any atom is -0.486 e. The molecule has 1 saturated carbocycles. The van der Waals surface area contributed by atoms with Crippen LogP contribution in [0.1, 0.15) is 24.8 Å². The molecule has 0 bridgehead atoms. The van der Waals surface area contributed by atoms with Gasteiger partial charge in [-0.1, -0.05) is 0 Å². The van der Waals surface area contributed by atoms with Gasteiger partial charge in [-0.05, 0) is 40.4 Å². The second-order valence-electron chi connectivity index (χ2n) is 4.93. The quantitative estimate of drug-likeness (QED) is 0.925. The van der Waals surface area contributed by atoms with Crippen LogP contribution in [0.2, 0.25) is 0 Å². The number of carboxylic acids is 1. The van der Waals surface area contributed by atoms with E-state index < -0.39 is 17.2 Å². The highest BCUT2D eigenvalue weighted by Crippen LogP contribution is 2.55. The third kappa shape index (κ3) is 2.08. The molecule has 0 saturated heterocycles. The predicted octanol–water partition coefficient (Wildman–Crippen LogP) is 2.87. The van der Waals surface area contributed by atoms with Gasteiger partial charge in [0.05, 0.1) is 10.9 Å². The zero-order valence-electron chi connectivity index (χ0n) is 10.0. The molecule has 1 aromatic rings. The molecule has 6 heteroatoms. The molecule has 102 valence electrons. The number of rotatable bonds is 3. The number of hydrogen-bond donors (Lipinski definition) is 1. The normalized spacial score (nSPS) is 19.1. The van der Waals surface area contributed by atoms with Gasteiger partial charge in [0.1, 0.15) is 19.0 Å². The Balaban J connectivity index is 2.07. The molecular weight excluding hydrogens is 319 g/mol. The Bertz CT molecular complexity index is 554. The standard InChI is InChI=1S/C13H12BrFO4/c14-10-11(15)7(13(1-2-13)6-9(16)17)5-8-12(10)19-4-3-18-8/h5H,1-4,6H2,(H,16,17). The molecule has 1 heterocycles. The largest absolute Gasteiger partial charge is 0.486 e. The summed E-state index contributed by atoms with van der Waals surface area (Å²) in [4.78, 5) is 10.9. The topological polar surface area (TPSA) is 55.8 Å². The number of carboxylic acid groups (broad SMARTS) is 1. The second kappa shape index (κ2) is 4.37. The van der Waals surface area contributed by atoms with Gasteiger partial charge in [0.2, 0.25) is 0 Å². The molecule has 0 spiro atoms. The predicted molar refractivity (Wildman–Crippen MR) is 68.3 cm³/mol. The van der Waals surface area contributed by atoms with Crippen LogP contribution < -0.4 is 9.47 Å². The molecule has 0 amide bonds. The Morgan fingerprint density at radius 2 is 2.11 bits per heavy atom. The fraction of sp³-hybridized carbons (Fsp3) is 0.462. The molecular formula is C13H12BrFO4. The Hall–Kier alpha value is -1.30. The average molecular weight is 331 g/mol. The lowest BCUT2D eigenvalue weighted by atomic mass is 9.91. The Kier molecular flexibility index (Phi) is 2.92. The zero-order valence-corrected chi connectivity index (χ0v) is 11.6. The molecule has 1 N–H and O–H groups in total. The van der Waals surface area contributed by atoms with Crippen molar-refractivity contribution in [3.05, 3.63) is 21.9 Å². The highest BCUT2D eigenvalue weighted by molar-refractivity contribution is 9.10. The van der Waals surface area contributed by atoms with Crippen molar-refractivity contribution in [2.75, 3.05) is 13.2 Å². The van der Waals surface area contributed by atoms with Crippen LogP contribution in [0.3, 0.4) is 0 Å². The highest BCUT2D eigenvalue weighted by atomic mass is 79.9. The summed E-state index contributed by atoms with van der Waals surface area (Å²) in [6.45, 7) is 0.793. The van der Waals surface area contributed by atoms with Crippen LogP contribution in [-0.4, -0.2) is 24.3 Å². The number of fused-ring (bicyclic) bond motifs is 1. The maximum Gasteiger partial charge on any atom is 0.304 e. The molecule has 0 unspecified atom stereocenters. The Labute approximate surface area is 117 Å². The summed E-state index contributed by atoms with van der Waals surface area (Å²) in [5.74, 6) is -0.518. The zero-order chi connectivity index (χ0) is 13.6. The molecule has 0 aromatic heterocycles. The third-order valence-corrected chi connectivity index (χ3v) is 4.34. The first-order valence-electron chi connectivity index (χ1n) is 6.03. The van der Waals surface area contributed by atoms with Gasteiger partial charge < -0.3 is 14.6 Å². The van der Waals surface area contributed by atoms with Gasteiger partial charge in [-0.15, -0.1) is 0 Å². The molecule has 1 aliphatic heterocycles. The minimum absolute atomic E-state index is 0.0595. The van der Waals surface area contributed by atoms with Gasteiger partial charge in [0.15, 0.2) is 11.5 Å². The summed E-state index contributed by atoms with van der Waals surface area (Å²) in [6.07, 6.45) is 1.31. The van der Waals surface area contributed by atoms with Crippen LogP contribution in [0.4, 0.5) is 4.39 Å². The van der Waals surface area contributed by atoms with E-state index in [0.29, 0.717) is 43.1 Å². The van der Waals surface area contributed by atoms with Crippen LogP contribution in [0.15, 0.2) is 10.5 Å². The van der Waals surface area contributed by atoms with Crippen molar-refractivity contribution in [2.24, 2.45) is 0 Å². The lowest BCUT2D eigenvalue weighted by Crippen LogP contribution is -2.19. The van der Waals surface area contributed by atoms with Crippen molar-refractivity contribution < 1.29 is 23.8 Å². The number of hydrogen-bond acceptors (Lipinski definition) is 3. The van der Waals surface area contributed by atoms with Crippen molar-refractivity contribution in [3.8, 4) is 11.5 Å². The van der Waals surface area contributed by atoms with Gasteiger partial charge in [-0.3, -0.25) is 4.79 Å². The highest BCUT2D eigenvalue weighted by Gasteiger charge is 2.48. The summed E-state index contributed by atoms with van der Waals surface area (Å²) < 4.78 is 25.5. The van der Waals surface area contributed by atoms with Crippen molar-refractivity contribution in [3.63, 3.8) is 0 Å². The van der Waals surface area contributed by atoms with Crippen LogP contribution >= 0.6 is 15.9 Å². The van der Waals surface area contributed by atoms with E-state index in [1.54, 1.807) is 6.07 Å². The summed E-state index contributed by atoms with van der Waals surface area (Å²) in [5, 5.41) is 8.96. The number of halogens is 2. The third-order valence-electron chi connectivity index (χ3n) is 3.63. The van der Waals surface area contributed by atoms with Gasteiger partial charge in [-0.2, -0.15) is 0 Å². The van der Waals surface area contributed by atoms with Crippen LogP contribution in [0, 0.1) is 5.82 Å². The van der Waals surface area contributed by atoms with Crippen molar-refractivity contribution in [1.82, 2.24) is 0 Å². The van der Waals surface area contributed by atoms with Crippen LogP contribution in [0.25, 0.3) is 0 Å². The second-order valence-corrected chi connectivity index (χ2v) is 5.72. The van der Waals surface area contributed by atoms with Crippen LogP contribution in [0.5, 0.6) is 11.5 Å². The van der Waals surface area contributed by atoms with E-state index in [-0.39, 0.29) is 10.9 Å². The maximum absolute atomic E-state index is 14.4. The molecule has 3 rings (SSSR count). The lowest BCUT2D eigenvalue weighted by molar-refractivity contribution is -0.137. The van der Waals surface area contributed by atoms with Crippen LogP contribution in [-0.2, 0) is 10.2 Å². The first kappa shape index (κ1) is 12.7. The number of benzene rings is 1. The van der Waals surface area contributed by atoms with E-state index >= 15 is 0 Å². The fourth-order valence-electron chi connectivity index (χ4n) is 2.49. The molecule has 1 aromatic carbocycles. The van der Waals surface area contributed by atoms with Gasteiger partial charge in [0, 0.05) is 5.41 Å². The first-order valence-corrected chi connectivity index (χ1v) is 6.83. The van der Waals surface area contributed by atoms with Crippen molar-refractivity contribution in [2.45, 2.75) is 24.7 Å². The van der Waals surface area contributed by atoms with Gasteiger partial charge >= 0.3 is 5.97 Å². The number of carbonyl (C=O) groups is 1. The Morgan fingerprint density at radius 1 is 1.42 bits per heavy atom. The van der Waals surface area contributed by atoms with E-state index in [0.717, 1.165) is 0 Å². The van der Waals surface area contributed by atoms with E-state index in [9.17, 15) is 9.18 Å². The molecule has 19 heavy (non-hydrogen) atoms. The molecule has 0 atom stereocenters. The SMILES string of the molecule is O=C(O)CC1(c2cc3c(c(Br)c2F)OCCO3)CC1. The smallest absolute Gasteiger partial charge is 0.304 e. The minimum atomic E-state index is -0.914. The van der Waals surface area contributed by atoms with Crippen molar-refractivity contribution in [1.29, 1.82) is 0 Å². The van der Waals surface area contributed by atoms with E-state index in [4.69, 9.17) is 14.6 Å². The number of aliphatic carboxylic acids is 1. The monoisotopic (exact) mass is 330 g/mol. The Morgan fingerprint density at radius 3 is 2.74 bits per heavy atom. The molecule has 1 aliphatic carbocycles. The molecule has 4 nitrogen and oxygen atoms in total. The molecule has 1 fully saturated rings. The lowest BCUT2D eigenvalue weighted by Gasteiger charge is -2.23. The van der Waals surface area contributed by atoms with E-state index in [2.05, 4.69) is 15.9 Å². The molecule has 0 radical (unpaired) electrons. The average Bonchev–Trinajstić information content (AvgIpc) is 3.13. The summed E-state index contributed by atoms with van der Waals surface area (Å²) in [6, 6.07) is 1.59.